The van der Waals surface area contributed by atoms with E-state index in [1.165, 1.54) is 11.1 Å². The number of aliphatic hydroxyl groups is 1. The predicted octanol–water partition coefficient (Wildman–Crippen LogP) is 1.89. The van der Waals surface area contributed by atoms with Gasteiger partial charge in [-0.3, -0.25) is 0 Å². The highest BCUT2D eigenvalue weighted by atomic mass is 16.3. The molecule has 1 atom stereocenters. The molecule has 0 radical (unpaired) electrons. The van der Waals surface area contributed by atoms with Gasteiger partial charge in [-0.2, -0.15) is 0 Å². The molecule has 0 fully saturated rings. The molecule has 88 valence electrons. The number of nitrogens with two attached hydrogens (primary N) is 1. The van der Waals surface area contributed by atoms with Crippen LogP contribution < -0.4 is 5.73 Å². The Labute approximate surface area is 97.5 Å². The van der Waals surface area contributed by atoms with Crippen LogP contribution in [-0.2, 0) is 12.8 Å². The largest absolute Gasteiger partial charge is 0.392 e. The quantitative estimate of drug-likeness (QED) is 0.812. The Hall–Kier alpha value is -0.860. The van der Waals surface area contributed by atoms with Crippen molar-refractivity contribution >= 4 is 0 Å². The zero-order valence-corrected chi connectivity index (χ0v) is 9.95. The second kappa shape index (κ2) is 4.56. The average molecular weight is 219 g/mol. The summed E-state index contributed by atoms with van der Waals surface area (Å²) in [6.07, 6.45) is 3.46. The molecule has 0 saturated carbocycles. The average Bonchev–Trinajstić information content (AvgIpc) is 2.69. The van der Waals surface area contributed by atoms with E-state index in [2.05, 4.69) is 31.2 Å². The Morgan fingerprint density at radius 1 is 1.31 bits per heavy atom. The van der Waals surface area contributed by atoms with E-state index in [1.54, 1.807) is 0 Å². The molecule has 0 saturated heterocycles. The first-order chi connectivity index (χ1) is 7.72. The summed E-state index contributed by atoms with van der Waals surface area (Å²) in [5.41, 5.74) is 8.54. The molecule has 1 unspecified atom stereocenters. The van der Waals surface area contributed by atoms with Gasteiger partial charge >= 0.3 is 0 Å². The summed E-state index contributed by atoms with van der Waals surface area (Å²) in [6.45, 7) is 2.68. The van der Waals surface area contributed by atoms with Crippen molar-refractivity contribution in [1.29, 1.82) is 0 Å². The Morgan fingerprint density at radius 2 is 1.88 bits per heavy atom. The van der Waals surface area contributed by atoms with Crippen LogP contribution in [0.3, 0.4) is 0 Å². The van der Waals surface area contributed by atoms with E-state index >= 15 is 0 Å². The summed E-state index contributed by atoms with van der Waals surface area (Å²) >= 11 is 0. The molecule has 1 aliphatic rings. The minimum absolute atomic E-state index is 0.111. The molecule has 16 heavy (non-hydrogen) atoms. The lowest BCUT2D eigenvalue weighted by Crippen LogP contribution is -2.42. The summed E-state index contributed by atoms with van der Waals surface area (Å²) in [5.74, 6) is 0. The second-order valence-corrected chi connectivity index (χ2v) is 4.99. The lowest BCUT2D eigenvalue weighted by molar-refractivity contribution is 0.0299. The maximum Gasteiger partial charge on any atom is 0.0614 e. The summed E-state index contributed by atoms with van der Waals surface area (Å²) in [4.78, 5) is 0. The third-order valence-corrected chi connectivity index (χ3v) is 3.88. The van der Waals surface area contributed by atoms with E-state index in [0.29, 0.717) is 6.54 Å². The highest BCUT2D eigenvalue weighted by molar-refractivity contribution is 5.35. The molecule has 2 rings (SSSR count). The van der Waals surface area contributed by atoms with Crippen LogP contribution in [0.25, 0.3) is 0 Å². The van der Waals surface area contributed by atoms with Crippen LogP contribution in [0.2, 0.25) is 0 Å². The van der Waals surface area contributed by atoms with Gasteiger partial charge in [0.2, 0.25) is 0 Å². The zero-order chi connectivity index (χ0) is 11.6. The fourth-order valence-electron chi connectivity index (χ4n) is 2.82. The van der Waals surface area contributed by atoms with Gasteiger partial charge in [0.1, 0.15) is 0 Å². The minimum atomic E-state index is -0.269. The lowest BCUT2D eigenvalue weighted by Gasteiger charge is -2.33. The van der Waals surface area contributed by atoms with Gasteiger partial charge < -0.3 is 10.8 Å². The van der Waals surface area contributed by atoms with Crippen molar-refractivity contribution in [3.8, 4) is 0 Å². The molecule has 3 N–H and O–H groups in total. The molecule has 0 amide bonds. The summed E-state index contributed by atoms with van der Waals surface area (Å²) in [6, 6.07) is 8.45. The van der Waals surface area contributed by atoms with E-state index < -0.39 is 0 Å². The summed E-state index contributed by atoms with van der Waals surface area (Å²) in [7, 11) is 0. The molecule has 2 heteroatoms. The first-order valence-electron chi connectivity index (χ1n) is 6.17. The van der Waals surface area contributed by atoms with Gasteiger partial charge in [-0.1, -0.05) is 37.6 Å². The van der Waals surface area contributed by atoms with Crippen molar-refractivity contribution in [3.05, 3.63) is 35.4 Å². The maximum absolute atomic E-state index is 10.3. The molecule has 1 aliphatic carbocycles. The number of hydrogen-bond donors (Lipinski definition) is 2. The fraction of sp³-hybridized carbons (Fsp3) is 0.571. The van der Waals surface area contributed by atoms with Crippen molar-refractivity contribution in [2.24, 2.45) is 11.1 Å². The van der Waals surface area contributed by atoms with Crippen LogP contribution in [-0.4, -0.2) is 17.8 Å². The van der Waals surface area contributed by atoms with Gasteiger partial charge in [0.15, 0.2) is 0 Å². The van der Waals surface area contributed by atoms with Crippen LogP contribution in [0.5, 0.6) is 0 Å². The Morgan fingerprint density at radius 3 is 2.31 bits per heavy atom. The number of aliphatic hydroxyl groups excluding tert-OH is 1. The van der Waals surface area contributed by atoms with Crippen LogP contribution in [0.15, 0.2) is 24.3 Å². The minimum Gasteiger partial charge on any atom is -0.392 e. The van der Waals surface area contributed by atoms with Gasteiger partial charge in [0.25, 0.3) is 0 Å². The van der Waals surface area contributed by atoms with E-state index in [1.807, 2.05) is 0 Å². The molecule has 2 nitrogen and oxygen atoms in total. The highest BCUT2D eigenvalue weighted by Gasteiger charge is 2.41. The van der Waals surface area contributed by atoms with Crippen molar-refractivity contribution < 1.29 is 5.11 Å². The van der Waals surface area contributed by atoms with Gasteiger partial charge in [-0.05, 0) is 30.4 Å². The van der Waals surface area contributed by atoms with Gasteiger partial charge in [0, 0.05) is 12.0 Å². The van der Waals surface area contributed by atoms with E-state index in [0.717, 1.165) is 25.7 Å². The molecule has 1 aromatic rings. The van der Waals surface area contributed by atoms with E-state index in [9.17, 15) is 5.11 Å². The molecular weight excluding hydrogens is 198 g/mol. The topological polar surface area (TPSA) is 46.2 Å². The normalized spacial score (nSPS) is 19.4. The molecule has 1 aromatic carbocycles. The highest BCUT2D eigenvalue weighted by Crippen LogP contribution is 2.40. The number of rotatable bonds is 4. The summed E-state index contributed by atoms with van der Waals surface area (Å²) < 4.78 is 0. The second-order valence-electron chi connectivity index (χ2n) is 4.99. The van der Waals surface area contributed by atoms with Crippen molar-refractivity contribution in [1.82, 2.24) is 0 Å². The standard InChI is InChI=1S/C14H21NO/c1-2-5-13(16)14(10-15)8-11-6-3-4-7-12(11)9-14/h3-4,6-7,13,16H,2,5,8-10,15H2,1H3. The smallest absolute Gasteiger partial charge is 0.0614 e. The third-order valence-electron chi connectivity index (χ3n) is 3.88. The van der Waals surface area contributed by atoms with E-state index in [4.69, 9.17) is 5.73 Å². The molecule has 0 spiro atoms. The van der Waals surface area contributed by atoms with Crippen LogP contribution >= 0.6 is 0 Å². The molecule has 0 heterocycles. The van der Waals surface area contributed by atoms with Crippen molar-refractivity contribution in [2.75, 3.05) is 6.54 Å². The van der Waals surface area contributed by atoms with E-state index in [-0.39, 0.29) is 11.5 Å². The number of fused-ring (bicyclic) bond motifs is 1. The fourth-order valence-corrected chi connectivity index (χ4v) is 2.82. The molecule has 0 aliphatic heterocycles. The molecule has 0 bridgehead atoms. The molecule has 0 aromatic heterocycles. The first-order valence-corrected chi connectivity index (χ1v) is 6.17. The van der Waals surface area contributed by atoms with Crippen LogP contribution in [0, 0.1) is 5.41 Å². The Kier molecular flexibility index (Phi) is 3.31. The van der Waals surface area contributed by atoms with Crippen LogP contribution in [0.4, 0.5) is 0 Å². The SMILES string of the molecule is CCCC(O)C1(CN)Cc2ccccc2C1. The molecular formula is C14H21NO. The summed E-state index contributed by atoms with van der Waals surface area (Å²) in [5, 5.41) is 10.3. The Balaban J connectivity index is 2.22. The Bertz CT molecular complexity index is 337. The lowest BCUT2D eigenvalue weighted by atomic mass is 9.77. The predicted molar refractivity (Wildman–Crippen MR) is 66.3 cm³/mol. The van der Waals surface area contributed by atoms with Gasteiger partial charge in [-0.25, -0.2) is 0 Å². The number of benzene rings is 1. The van der Waals surface area contributed by atoms with Crippen LogP contribution in [0.1, 0.15) is 30.9 Å². The third kappa shape index (κ3) is 1.87. The maximum atomic E-state index is 10.3. The monoisotopic (exact) mass is 219 g/mol. The van der Waals surface area contributed by atoms with Crippen molar-refractivity contribution in [3.63, 3.8) is 0 Å². The zero-order valence-electron chi connectivity index (χ0n) is 9.95. The number of hydrogen-bond acceptors (Lipinski definition) is 2. The van der Waals surface area contributed by atoms with Gasteiger partial charge in [0.05, 0.1) is 6.10 Å². The van der Waals surface area contributed by atoms with Crippen molar-refractivity contribution in [2.45, 2.75) is 38.7 Å². The first kappa shape index (κ1) is 11.6. The van der Waals surface area contributed by atoms with Gasteiger partial charge in [-0.15, -0.1) is 0 Å².